The van der Waals surface area contributed by atoms with E-state index in [0.717, 1.165) is 19.3 Å². The third-order valence-corrected chi connectivity index (χ3v) is 5.79. The normalized spacial score (nSPS) is 16.2. The predicted octanol–water partition coefficient (Wildman–Crippen LogP) is 3.41. The van der Waals surface area contributed by atoms with E-state index in [0.29, 0.717) is 16.4 Å². The largest absolute Gasteiger partial charge is 0.279 e. The second-order valence-corrected chi connectivity index (χ2v) is 7.52. The SMILES string of the molecule is CC[C@H]1CCc2sc(C(=O)NNC(=O)Cc3cccc(F)c3)cc2C1. The molecule has 0 bridgehead atoms. The Kier molecular flexibility index (Phi) is 5.48. The summed E-state index contributed by atoms with van der Waals surface area (Å²) in [6.07, 6.45) is 4.40. The van der Waals surface area contributed by atoms with Gasteiger partial charge in [0.1, 0.15) is 5.82 Å². The molecule has 0 spiro atoms. The number of fused-ring (bicyclic) bond motifs is 1. The summed E-state index contributed by atoms with van der Waals surface area (Å²) >= 11 is 1.50. The zero-order chi connectivity index (χ0) is 17.8. The van der Waals surface area contributed by atoms with Gasteiger partial charge >= 0.3 is 0 Å². The number of amides is 2. The minimum Gasteiger partial charge on any atom is -0.273 e. The molecule has 1 aliphatic rings. The summed E-state index contributed by atoms with van der Waals surface area (Å²) in [7, 11) is 0. The van der Waals surface area contributed by atoms with Crippen LogP contribution in [0.5, 0.6) is 0 Å². The highest BCUT2D eigenvalue weighted by Crippen LogP contribution is 2.33. The highest BCUT2D eigenvalue weighted by atomic mass is 32.1. The number of thiophene rings is 1. The van der Waals surface area contributed by atoms with Gasteiger partial charge in [0.2, 0.25) is 5.91 Å². The van der Waals surface area contributed by atoms with Crippen LogP contribution in [-0.4, -0.2) is 11.8 Å². The smallest absolute Gasteiger partial charge is 0.273 e. The Morgan fingerprint density at radius 2 is 2.12 bits per heavy atom. The molecule has 4 nitrogen and oxygen atoms in total. The number of benzene rings is 1. The molecule has 2 amide bonds. The first-order valence-corrected chi connectivity index (χ1v) is 9.32. The van der Waals surface area contributed by atoms with Crippen molar-refractivity contribution in [2.24, 2.45) is 5.92 Å². The maximum absolute atomic E-state index is 13.1. The van der Waals surface area contributed by atoms with Crippen molar-refractivity contribution in [2.75, 3.05) is 0 Å². The van der Waals surface area contributed by atoms with E-state index in [-0.39, 0.29) is 24.1 Å². The molecule has 0 aliphatic heterocycles. The lowest BCUT2D eigenvalue weighted by Crippen LogP contribution is -2.42. The van der Waals surface area contributed by atoms with Gasteiger partial charge in [-0.1, -0.05) is 25.5 Å². The van der Waals surface area contributed by atoms with E-state index in [2.05, 4.69) is 17.8 Å². The molecule has 0 saturated carbocycles. The van der Waals surface area contributed by atoms with Crippen LogP contribution in [0.3, 0.4) is 0 Å². The first-order chi connectivity index (χ1) is 12.0. The lowest BCUT2D eigenvalue weighted by Gasteiger charge is -2.19. The first-order valence-electron chi connectivity index (χ1n) is 8.50. The van der Waals surface area contributed by atoms with Gasteiger partial charge in [0.25, 0.3) is 5.91 Å². The van der Waals surface area contributed by atoms with E-state index >= 15 is 0 Å². The van der Waals surface area contributed by atoms with Crippen molar-refractivity contribution in [1.29, 1.82) is 0 Å². The zero-order valence-corrected chi connectivity index (χ0v) is 14.9. The van der Waals surface area contributed by atoms with Crippen LogP contribution >= 0.6 is 11.3 Å². The van der Waals surface area contributed by atoms with Gasteiger partial charge in [0, 0.05) is 4.88 Å². The Morgan fingerprint density at radius 3 is 2.88 bits per heavy atom. The van der Waals surface area contributed by atoms with Gasteiger partial charge in [0.05, 0.1) is 11.3 Å². The fourth-order valence-corrected chi connectivity index (χ4v) is 4.23. The maximum Gasteiger partial charge on any atom is 0.279 e. The zero-order valence-electron chi connectivity index (χ0n) is 14.1. The highest BCUT2D eigenvalue weighted by Gasteiger charge is 2.22. The third-order valence-electron chi connectivity index (χ3n) is 4.56. The molecule has 132 valence electrons. The fraction of sp³-hybridized carbons (Fsp3) is 0.368. The number of hydrazine groups is 1. The van der Waals surface area contributed by atoms with Gasteiger partial charge in [0.15, 0.2) is 0 Å². The molecule has 0 saturated heterocycles. The van der Waals surface area contributed by atoms with Gasteiger partial charge in [-0.3, -0.25) is 20.4 Å². The summed E-state index contributed by atoms with van der Waals surface area (Å²) in [6.45, 7) is 2.20. The van der Waals surface area contributed by atoms with Crippen LogP contribution in [0.15, 0.2) is 30.3 Å². The van der Waals surface area contributed by atoms with Gasteiger partial charge < -0.3 is 0 Å². The minimum atomic E-state index is -0.385. The standard InChI is InChI=1S/C19H21FN2O2S/c1-2-12-6-7-16-14(8-12)11-17(25-16)19(24)22-21-18(23)10-13-4-3-5-15(20)9-13/h3-5,9,11-12H,2,6-8,10H2,1H3,(H,21,23)(H,22,24)/t12-/m0/s1. The highest BCUT2D eigenvalue weighted by molar-refractivity contribution is 7.14. The van der Waals surface area contributed by atoms with E-state index in [9.17, 15) is 14.0 Å². The minimum absolute atomic E-state index is 0.0111. The number of aryl methyl sites for hydroxylation is 1. The molecule has 0 radical (unpaired) electrons. The Balaban J connectivity index is 1.54. The molecular weight excluding hydrogens is 339 g/mol. The number of carbonyl (C=O) groups is 2. The van der Waals surface area contributed by atoms with Crippen LogP contribution < -0.4 is 10.9 Å². The molecule has 1 aliphatic carbocycles. The second-order valence-electron chi connectivity index (χ2n) is 6.39. The lowest BCUT2D eigenvalue weighted by molar-refractivity contribution is -0.121. The van der Waals surface area contributed by atoms with Crippen LogP contribution in [0.4, 0.5) is 4.39 Å². The second kappa shape index (κ2) is 7.78. The summed E-state index contributed by atoms with van der Waals surface area (Å²) in [5, 5.41) is 0. The predicted molar refractivity (Wildman–Crippen MR) is 95.8 cm³/mol. The molecule has 0 fully saturated rings. The van der Waals surface area contributed by atoms with Crippen molar-refractivity contribution >= 4 is 23.2 Å². The summed E-state index contributed by atoms with van der Waals surface area (Å²) in [6, 6.07) is 7.79. The summed E-state index contributed by atoms with van der Waals surface area (Å²) in [5.41, 5.74) is 6.66. The molecule has 1 heterocycles. The van der Waals surface area contributed by atoms with Crippen molar-refractivity contribution in [1.82, 2.24) is 10.9 Å². The van der Waals surface area contributed by atoms with Crippen molar-refractivity contribution in [3.8, 4) is 0 Å². The van der Waals surface area contributed by atoms with Gasteiger partial charge in [-0.15, -0.1) is 11.3 Å². The molecule has 1 aromatic carbocycles. The van der Waals surface area contributed by atoms with Crippen molar-refractivity contribution in [3.63, 3.8) is 0 Å². The van der Waals surface area contributed by atoms with Gasteiger partial charge in [-0.05, 0) is 54.5 Å². The summed E-state index contributed by atoms with van der Waals surface area (Å²) in [4.78, 5) is 26.0. The van der Waals surface area contributed by atoms with Crippen LogP contribution in [-0.2, 0) is 24.1 Å². The van der Waals surface area contributed by atoms with E-state index in [1.165, 1.54) is 40.3 Å². The number of halogens is 1. The molecule has 6 heteroatoms. The average Bonchev–Trinajstić information content (AvgIpc) is 3.02. The molecular formula is C19H21FN2O2S. The van der Waals surface area contributed by atoms with E-state index in [4.69, 9.17) is 0 Å². The Morgan fingerprint density at radius 1 is 1.28 bits per heavy atom. The fourth-order valence-electron chi connectivity index (χ4n) is 3.12. The summed E-state index contributed by atoms with van der Waals surface area (Å²) < 4.78 is 13.1. The topological polar surface area (TPSA) is 58.2 Å². The average molecular weight is 360 g/mol. The number of nitrogens with one attached hydrogen (secondary N) is 2. The number of hydrogen-bond acceptors (Lipinski definition) is 3. The van der Waals surface area contributed by atoms with Crippen LogP contribution in [0.25, 0.3) is 0 Å². The molecule has 25 heavy (non-hydrogen) atoms. The van der Waals surface area contributed by atoms with Crippen LogP contribution in [0, 0.1) is 11.7 Å². The molecule has 2 aromatic rings. The van der Waals surface area contributed by atoms with E-state index < -0.39 is 0 Å². The number of hydrogen-bond donors (Lipinski definition) is 2. The van der Waals surface area contributed by atoms with Crippen LogP contribution in [0.1, 0.15) is 45.4 Å². The van der Waals surface area contributed by atoms with E-state index in [1.54, 1.807) is 12.1 Å². The van der Waals surface area contributed by atoms with Gasteiger partial charge in [-0.2, -0.15) is 0 Å². The Labute approximate surface area is 150 Å². The lowest BCUT2D eigenvalue weighted by atomic mass is 9.87. The summed E-state index contributed by atoms with van der Waals surface area (Å²) in [5.74, 6) is -0.376. The van der Waals surface area contributed by atoms with Crippen molar-refractivity contribution < 1.29 is 14.0 Å². The van der Waals surface area contributed by atoms with Crippen LogP contribution in [0.2, 0.25) is 0 Å². The number of rotatable bonds is 4. The van der Waals surface area contributed by atoms with E-state index in [1.807, 2.05) is 6.07 Å². The van der Waals surface area contributed by atoms with Crippen molar-refractivity contribution in [3.05, 3.63) is 57.0 Å². The molecule has 2 N–H and O–H groups in total. The Bertz CT molecular complexity index is 787. The Hall–Kier alpha value is -2.21. The first kappa shape index (κ1) is 17.6. The monoisotopic (exact) mass is 360 g/mol. The quantitative estimate of drug-likeness (QED) is 0.821. The molecule has 3 rings (SSSR count). The number of carbonyl (C=O) groups excluding carboxylic acids is 2. The third kappa shape index (κ3) is 4.45. The van der Waals surface area contributed by atoms with Crippen molar-refractivity contribution in [2.45, 2.75) is 39.0 Å². The van der Waals surface area contributed by atoms with Gasteiger partial charge in [-0.25, -0.2) is 4.39 Å². The maximum atomic E-state index is 13.1. The molecule has 0 unspecified atom stereocenters. The molecule has 1 aromatic heterocycles. The molecule has 1 atom stereocenters.